The van der Waals surface area contributed by atoms with Crippen molar-refractivity contribution in [2.75, 3.05) is 4.72 Å². The molecule has 0 radical (unpaired) electrons. The van der Waals surface area contributed by atoms with E-state index >= 15 is 0 Å². The summed E-state index contributed by atoms with van der Waals surface area (Å²) in [6.45, 7) is 1.96. The van der Waals surface area contributed by atoms with Crippen molar-refractivity contribution in [3.8, 4) is 0 Å². The van der Waals surface area contributed by atoms with Crippen LogP contribution in [0.2, 0.25) is 0 Å². The van der Waals surface area contributed by atoms with E-state index in [4.69, 9.17) is 5.73 Å². The average molecular weight is 297 g/mol. The molecule has 1 unspecified atom stereocenters. The molecule has 0 aliphatic carbocycles. The monoisotopic (exact) mass is 297 g/mol. The van der Waals surface area contributed by atoms with Gasteiger partial charge in [-0.1, -0.05) is 19.1 Å². The molecule has 5 nitrogen and oxygen atoms in total. The fourth-order valence-electron chi connectivity index (χ4n) is 1.60. The molecule has 3 N–H and O–H groups in total. The SMILES string of the molecule is CCC(N)c1cccc(S(=O)(=O)Nc2nccs2)c1. The summed E-state index contributed by atoms with van der Waals surface area (Å²) in [7, 11) is -3.61. The number of rotatable bonds is 5. The topological polar surface area (TPSA) is 85.1 Å². The van der Waals surface area contributed by atoms with Gasteiger partial charge in [0.1, 0.15) is 0 Å². The number of nitrogens with two attached hydrogens (primary N) is 1. The van der Waals surface area contributed by atoms with E-state index in [1.807, 2.05) is 13.0 Å². The van der Waals surface area contributed by atoms with Crippen LogP contribution in [0.15, 0.2) is 40.7 Å². The maximum atomic E-state index is 12.2. The lowest BCUT2D eigenvalue weighted by Gasteiger charge is -2.11. The fourth-order valence-corrected chi connectivity index (χ4v) is 3.44. The number of hydrogen-bond acceptors (Lipinski definition) is 5. The first-order valence-corrected chi connectivity index (χ1v) is 8.17. The molecule has 102 valence electrons. The van der Waals surface area contributed by atoms with Gasteiger partial charge in [0.05, 0.1) is 4.90 Å². The third-order valence-electron chi connectivity index (χ3n) is 2.69. The minimum Gasteiger partial charge on any atom is -0.324 e. The fraction of sp³-hybridized carbons (Fsp3) is 0.250. The zero-order valence-electron chi connectivity index (χ0n) is 10.4. The summed E-state index contributed by atoms with van der Waals surface area (Å²) in [5.41, 5.74) is 6.73. The van der Waals surface area contributed by atoms with E-state index in [9.17, 15) is 8.42 Å². The molecule has 0 saturated carbocycles. The molecule has 19 heavy (non-hydrogen) atoms. The Hall–Kier alpha value is -1.44. The van der Waals surface area contributed by atoms with E-state index < -0.39 is 10.0 Å². The Morgan fingerprint density at radius 1 is 1.47 bits per heavy atom. The number of nitrogens with zero attached hydrogens (tertiary/aromatic N) is 1. The van der Waals surface area contributed by atoms with Gasteiger partial charge in [0.2, 0.25) is 0 Å². The van der Waals surface area contributed by atoms with Gasteiger partial charge in [-0.3, -0.25) is 4.72 Å². The summed E-state index contributed by atoms with van der Waals surface area (Å²) in [5, 5.41) is 2.06. The average Bonchev–Trinajstić information content (AvgIpc) is 2.90. The molecule has 0 spiro atoms. The van der Waals surface area contributed by atoms with Crippen LogP contribution in [-0.2, 0) is 10.0 Å². The van der Waals surface area contributed by atoms with Gasteiger partial charge in [0.25, 0.3) is 10.0 Å². The number of sulfonamides is 1. The van der Waals surface area contributed by atoms with Crippen molar-refractivity contribution in [2.45, 2.75) is 24.3 Å². The van der Waals surface area contributed by atoms with Gasteiger partial charge in [-0.05, 0) is 24.1 Å². The largest absolute Gasteiger partial charge is 0.324 e. The van der Waals surface area contributed by atoms with Gasteiger partial charge in [-0.25, -0.2) is 13.4 Å². The second kappa shape index (κ2) is 5.68. The number of thiazole rings is 1. The summed E-state index contributed by atoms with van der Waals surface area (Å²) in [4.78, 5) is 4.10. The third-order valence-corrected chi connectivity index (χ3v) is 4.84. The molecule has 7 heteroatoms. The first-order valence-electron chi connectivity index (χ1n) is 5.81. The summed E-state index contributed by atoms with van der Waals surface area (Å²) in [6.07, 6.45) is 2.30. The maximum Gasteiger partial charge on any atom is 0.263 e. The molecule has 2 aromatic rings. The van der Waals surface area contributed by atoms with Crippen molar-refractivity contribution in [1.29, 1.82) is 0 Å². The summed E-state index contributed by atoms with van der Waals surface area (Å²) < 4.78 is 26.8. The minimum atomic E-state index is -3.61. The minimum absolute atomic E-state index is 0.157. The van der Waals surface area contributed by atoms with Gasteiger partial charge in [-0.2, -0.15) is 0 Å². The van der Waals surface area contributed by atoms with E-state index in [0.717, 1.165) is 12.0 Å². The molecule has 0 fully saturated rings. The molecular weight excluding hydrogens is 282 g/mol. The number of benzene rings is 1. The van der Waals surface area contributed by atoms with E-state index in [2.05, 4.69) is 9.71 Å². The molecule has 1 aromatic carbocycles. The Bertz CT molecular complexity index is 639. The number of hydrogen-bond donors (Lipinski definition) is 2. The molecule has 0 bridgehead atoms. The van der Waals surface area contributed by atoms with Gasteiger partial charge in [0, 0.05) is 17.6 Å². The van der Waals surface area contributed by atoms with Crippen LogP contribution in [-0.4, -0.2) is 13.4 Å². The van der Waals surface area contributed by atoms with Gasteiger partial charge >= 0.3 is 0 Å². The predicted octanol–water partition coefficient (Wildman–Crippen LogP) is 2.35. The van der Waals surface area contributed by atoms with Gasteiger partial charge in [-0.15, -0.1) is 11.3 Å². The van der Waals surface area contributed by atoms with E-state index in [1.54, 1.807) is 29.8 Å². The molecule has 2 rings (SSSR count). The van der Waals surface area contributed by atoms with Crippen LogP contribution in [0.1, 0.15) is 24.9 Å². The van der Waals surface area contributed by atoms with Gasteiger partial charge in [0.15, 0.2) is 5.13 Å². The van der Waals surface area contributed by atoms with Crippen molar-refractivity contribution >= 4 is 26.5 Å². The Kier molecular flexibility index (Phi) is 4.18. The van der Waals surface area contributed by atoms with E-state index in [-0.39, 0.29) is 10.9 Å². The maximum absolute atomic E-state index is 12.2. The van der Waals surface area contributed by atoms with Gasteiger partial charge < -0.3 is 5.73 Å². The highest BCUT2D eigenvalue weighted by atomic mass is 32.2. The van der Waals surface area contributed by atoms with E-state index in [1.165, 1.54) is 11.3 Å². The highest BCUT2D eigenvalue weighted by molar-refractivity contribution is 7.93. The third kappa shape index (κ3) is 3.31. The summed E-state index contributed by atoms with van der Waals surface area (Å²) >= 11 is 1.23. The quantitative estimate of drug-likeness (QED) is 0.887. The Morgan fingerprint density at radius 3 is 2.89 bits per heavy atom. The molecule has 0 aliphatic rings. The Balaban J connectivity index is 2.30. The normalized spacial score (nSPS) is 13.2. The molecular formula is C12H15N3O2S2. The van der Waals surface area contributed by atoms with Crippen molar-refractivity contribution in [1.82, 2.24) is 4.98 Å². The van der Waals surface area contributed by atoms with Crippen LogP contribution in [0.5, 0.6) is 0 Å². The molecule has 1 atom stereocenters. The second-order valence-electron chi connectivity index (χ2n) is 4.03. The number of aromatic nitrogens is 1. The van der Waals surface area contributed by atoms with Crippen LogP contribution >= 0.6 is 11.3 Å². The van der Waals surface area contributed by atoms with Crippen LogP contribution in [0, 0.1) is 0 Å². The zero-order valence-corrected chi connectivity index (χ0v) is 12.0. The standard InChI is InChI=1S/C12H15N3O2S2/c1-2-11(13)9-4-3-5-10(8-9)19(16,17)15-12-14-6-7-18-12/h3-8,11H,2,13H2,1H3,(H,14,15). The molecule has 1 heterocycles. The summed E-state index contributed by atoms with van der Waals surface area (Å²) in [5.74, 6) is 0. The molecule has 1 aromatic heterocycles. The van der Waals surface area contributed by atoms with Crippen molar-refractivity contribution < 1.29 is 8.42 Å². The van der Waals surface area contributed by atoms with Crippen molar-refractivity contribution in [3.63, 3.8) is 0 Å². The Morgan fingerprint density at radius 2 is 2.26 bits per heavy atom. The van der Waals surface area contributed by atoms with Crippen LogP contribution in [0.3, 0.4) is 0 Å². The second-order valence-corrected chi connectivity index (χ2v) is 6.61. The zero-order chi connectivity index (χ0) is 13.9. The first kappa shape index (κ1) is 14.0. The molecule has 0 aliphatic heterocycles. The van der Waals surface area contributed by atoms with Crippen LogP contribution < -0.4 is 10.5 Å². The Labute approximate surface area is 116 Å². The lowest BCUT2D eigenvalue weighted by atomic mass is 10.1. The lowest BCUT2D eigenvalue weighted by Crippen LogP contribution is -2.14. The van der Waals surface area contributed by atoms with Crippen LogP contribution in [0.4, 0.5) is 5.13 Å². The molecule has 0 saturated heterocycles. The smallest absolute Gasteiger partial charge is 0.263 e. The number of anilines is 1. The van der Waals surface area contributed by atoms with Crippen molar-refractivity contribution in [2.24, 2.45) is 5.73 Å². The predicted molar refractivity (Wildman–Crippen MR) is 76.6 cm³/mol. The van der Waals surface area contributed by atoms with Crippen molar-refractivity contribution in [3.05, 3.63) is 41.4 Å². The van der Waals surface area contributed by atoms with Crippen LogP contribution in [0.25, 0.3) is 0 Å². The highest BCUT2D eigenvalue weighted by Crippen LogP contribution is 2.21. The molecule has 0 amide bonds. The van der Waals surface area contributed by atoms with E-state index in [0.29, 0.717) is 5.13 Å². The lowest BCUT2D eigenvalue weighted by molar-refractivity contribution is 0.600. The number of nitrogens with one attached hydrogen (secondary N) is 1. The summed E-state index contributed by atoms with van der Waals surface area (Å²) in [6, 6.07) is 6.51. The highest BCUT2D eigenvalue weighted by Gasteiger charge is 2.16. The first-order chi connectivity index (χ1) is 9.03.